The number of oxazole rings is 1. The molecule has 0 aliphatic heterocycles. The van der Waals surface area contributed by atoms with Crippen molar-refractivity contribution in [2.75, 3.05) is 11.9 Å². The summed E-state index contributed by atoms with van der Waals surface area (Å²) in [6, 6.07) is 0.387. The van der Waals surface area contributed by atoms with Gasteiger partial charge in [0.2, 0.25) is 0 Å². The number of aromatic nitrogens is 1. The topological polar surface area (TPSA) is 64.4 Å². The molecule has 1 heterocycles. The third-order valence-corrected chi connectivity index (χ3v) is 2.40. The van der Waals surface area contributed by atoms with E-state index in [2.05, 4.69) is 17.2 Å². The molecule has 0 bridgehead atoms. The van der Waals surface area contributed by atoms with Crippen LogP contribution in [0.5, 0.6) is 0 Å². The highest BCUT2D eigenvalue weighted by Gasteiger charge is 2.38. The molecular formula is C10H14N2O3. The lowest BCUT2D eigenvalue weighted by molar-refractivity contribution is 0.0519. The Kier molecular flexibility index (Phi) is 2.38. The molecule has 0 amide bonds. The van der Waals surface area contributed by atoms with Crippen LogP contribution in [0.3, 0.4) is 0 Å². The van der Waals surface area contributed by atoms with Gasteiger partial charge in [-0.2, -0.15) is 4.98 Å². The third-order valence-electron chi connectivity index (χ3n) is 2.40. The second-order valence-corrected chi connectivity index (χ2v) is 3.94. The number of nitrogens with zero attached hydrogens (tertiary/aromatic N) is 1. The second-order valence-electron chi connectivity index (χ2n) is 3.94. The standard InChI is InChI=1S/C10H14N2O3/c1-3-14-8(13)7-6-15-9(11-7)12-10(2)4-5-10/h6H,3-5H2,1-2H3,(H,11,12). The number of hydrogen-bond acceptors (Lipinski definition) is 5. The predicted molar refractivity (Wildman–Crippen MR) is 53.7 cm³/mol. The van der Waals surface area contributed by atoms with E-state index in [1.807, 2.05) is 0 Å². The first-order valence-electron chi connectivity index (χ1n) is 5.04. The van der Waals surface area contributed by atoms with Crippen molar-refractivity contribution in [1.82, 2.24) is 4.98 Å². The molecule has 0 unspecified atom stereocenters. The SMILES string of the molecule is CCOC(=O)c1coc(NC2(C)CC2)n1. The largest absolute Gasteiger partial charge is 0.461 e. The number of carbonyl (C=O) groups is 1. The van der Waals surface area contributed by atoms with Gasteiger partial charge in [-0.1, -0.05) is 0 Å². The highest BCUT2D eigenvalue weighted by Crippen LogP contribution is 2.37. The van der Waals surface area contributed by atoms with Crippen molar-refractivity contribution in [2.45, 2.75) is 32.2 Å². The van der Waals surface area contributed by atoms with Gasteiger partial charge >= 0.3 is 5.97 Å². The molecular weight excluding hydrogens is 196 g/mol. The van der Waals surface area contributed by atoms with Gasteiger partial charge in [0.25, 0.3) is 6.01 Å². The van der Waals surface area contributed by atoms with Gasteiger partial charge in [0.1, 0.15) is 6.26 Å². The summed E-state index contributed by atoms with van der Waals surface area (Å²) in [7, 11) is 0. The maximum absolute atomic E-state index is 11.3. The maximum Gasteiger partial charge on any atom is 0.360 e. The Bertz CT molecular complexity index is 368. The second kappa shape index (κ2) is 3.56. The first-order chi connectivity index (χ1) is 7.13. The van der Waals surface area contributed by atoms with Gasteiger partial charge in [0.15, 0.2) is 5.69 Å². The number of hydrogen-bond donors (Lipinski definition) is 1. The normalized spacial score (nSPS) is 17.2. The van der Waals surface area contributed by atoms with Crippen LogP contribution >= 0.6 is 0 Å². The molecule has 82 valence electrons. The number of esters is 1. The fourth-order valence-electron chi connectivity index (χ4n) is 1.20. The van der Waals surface area contributed by atoms with Gasteiger partial charge in [-0.15, -0.1) is 0 Å². The van der Waals surface area contributed by atoms with Crippen molar-refractivity contribution in [3.05, 3.63) is 12.0 Å². The lowest BCUT2D eigenvalue weighted by Gasteiger charge is -2.07. The number of rotatable bonds is 4. The lowest BCUT2D eigenvalue weighted by Crippen LogP contribution is -2.16. The van der Waals surface area contributed by atoms with Crippen molar-refractivity contribution in [3.8, 4) is 0 Å². The van der Waals surface area contributed by atoms with Crippen molar-refractivity contribution < 1.29 is 13.9 Å². The molecule has 0 spiro atoms. The summed E-state index contributed by atoms with van der Waals surface area (Å²) in [5, 5.41) is 3.12. The number of carbonyl (C=O) groups excluding carboxylic acids is 1. The van der Waals surface area contributed by atoms with E-state index in [4.69, 9.17) is 9.15 Å². The quantitative estimate of drug-likeness (QED) is 0.768. The third kappa shape index (κ3) is 2.29. The lowest BCUT2D eigenvalue weighted by atomic mass is 10.3. The summed E-state index contributed by atoms with van der Waals surface area (Å²) >= 11 is 0. The molecule has 5 nitrogen and oxygen atoms in total. The highest BCUT2D eigenvalue weighted by molar-refractivity contribution is 5.87. The zero-order valence-electron chi connectivity index (χ0n) is 8.87. The smallest absolute Gasteiger partial charge is 0.360 e. The van der Waals surface area contributed by atoms with Crippen molar-refractivity contribution >= 4 is 12.0 Å². The molecule has 0 atom stereocenters. The summed E-state index contributed by atoms with van der Waals surface area (Å²) < 4.78 is 9.92. The highest BCUT2D eigenvalue weighted by atomic mass is 16.5. The van der Waals surface area contributed by atoms with Gasteiger partial charge in [-0.3, -0.25) is 0 Å². The van der Waals surface area contributed by atoms with Crippen molar-refractivity contribution in [2.24, 2.45) is 0 Å². The van der Waals surface area contributed by atoms with Gasteiger partial charge < -0.3 is 14.5 Å². The summed E-state index contributed by atoms with van der Waals surface area (Å²) in [6.45, 7) is 4.18. The molecule has 1 aliphatic carbocycles. The molecule has 5 heteroatoms. The Morgan fingerprint density at radius 1 is 1.73 bits per heavy atom. The molecule has 1 aromatic heterocycles. The fourth-order valence-corrected chi connectivity index (χ4v) is 1.20. The van der Waals surface area contributed by atoms with Crippen LogP contribution in [-0.2, 0) is 4.74 Å². The molecule has 1 fully saturated rings. The van der Waals surface area contributed by atoms with Crippen LogP contribution in [0.4, 0.5) is 6.01 Å². The summed E-state index contributed by atoms with van der Waals surface area (Å²) in [5.74, 6) is -0.449. The first-order valence-corrected chi connectivity index (χ1v) is 5.04. The van der Waals surface area contributed by atoms with Crippen LogP contribution in [0.15, 0.2) is 10.7 Å². The van der Waals surface area contributed by atoms with Crippen molar-refractivity contribution in [3.63, 3.8) is 0 Å². The average Bonchev–Trinajstić information content (AvgIpc) is 2.75. The minimum Gasteiger partial charge on any atom is -0.461 e. The zero-order chi connectivity index (χ0) is 10.9. The van der Waals surface area contributed by atoms with E-state index >= 15 is 0 Å². The molecule has 0 aromatic carbocycles. The van der Waals surface area contributed by atoms with E-state index in [0.29, 0.717) is 12.6 Å². The van der Waals surface area contributed by atoms with Gasteiger partial charge in [0, 0.05) is 5.54 Å². The molecule has 0 radical (unpaired) electrons. The Balaban J connectivity index is 2.00. The monoisotopic (exact) mass is 210 g/mol. The minimum atomic E-state index is -0.449. The van der Waals surface area contributed by atoms with Crippen LogP contribution in [0.1, 0.15) is 37.2 Å². The fraction of sp³-hybridized carbons (Fsp3) is 0.600. The molecule has 1 saturated carbocycles. The molecule has 2 rings (SSSR count). The van der Waals surface area contributed by atoms with Crippen LogP contribution in [0.25, 0.3) is 0 Å². The maximum atomic E-state index is 11.3. The van der Waals surface area contributed by atoms with Crippen LogP contribution in [-0.4, -0.2) is 23.1 Å². The van der Waals surface area contributed by atoms with Crippen LogP contribution in [0.2, 0.25) is 0 Å². The van der Waals surface area contributed by atoms with Crippen LogP contribution in [0, 0.1) is 0 Å². The Morgan fingerprint density at radius 3 is 3.07 bits per heavy atom. The minimum absolute atomic E-state index is 0.0940. The molecule has 1 aliphatic rings. The zero-order valence-corrected chi connectivity index (χ0v) is 8.87. The molecule has 15 heavy (non-hydrogen) atoms. The summed E-state index contributed by atoms with van der Waals surface area (Å²) in [4.78, 5) is 15.3. The Hall–Kier alpha value is -1.52. The molecule has 1 N–H and O–H groups in total. The number of nitrogens with one attached hydrogen (secondary N) is 1. The average molecular weight is 210 g/mol. The first kappa shape index (κ1) is 10.0. The Morgan fingerprint density at radius 2 is 2.47 bits per heavy atom. The predicted octanol–water partition coefficient (Wildman–Crippen LogP) is 1.82. The molecule has 1 aromatic rings. The van der Waals surface area contributed by atoms with Gasteiger partial charge in [-0.25, -0.2) is 4.79 Å². The van der Waals surface area contributed by atoms with Gasteiger partial charge in [-0.05, 0) is 26.7 Å². The Labute approximate surface area is 87.8 Å². The molecule has 0 saturated heterocycles. The van der Waals surface area contributed by atoms with Gasteiger partial charge in [0.05, 0.1) is 6.61 Å². The van der Waals surface area contributed by atoms with E-state index in [-0.39, 0.29) is 11.2 Å². The van der Waals surface area contributed by atoms with E-state index < -0.39 is 5.97 Å². The van der Waals surface area contributed by atoms with E-state index in [1.165, 1.54) is 6.26 Å². The summed E-state index contributed by atoms with van der Waals surface area (Å²) in [5.41, 5.74) is 0.306. The van der Waals surface area contributed by atoms with Crippen molar-refractivity contribution in [1.29, 1.82) is 0 Å². The summed E-state index contributed by atoms with van der Waals surface area (Å²) in [6.07, 6.45) is 3.51. The van der Waals surface area contributed by atoms with E-state index in [9.17, 15) is 4.79 Å². The number of anilines is 1. The number of ether oxygens (including phenoxy) is 1. The van der Waals surface area contributed by atoms with Crippen LogP contribution < -0.4 is 5.32 Å². The van der Waals surface area contributed by atoms with E-state index in [1.54, 1.807) is 6.92 Å². The van der Waals surface area contributed by atoms with E-state index in [0.717, 1.165) is 12.8 Å².